The van der Waals surface area contributed by atoms with Crippen molar-refractivity contribution in [2.24, 2.45) is 11.1 Å². The van der Waals surface area contributed by atoms with E-state index in [9.17, 15) is 13.2 Å². The van der Waals surface area contributed by atoms with Gasteiger partial charge >= 0.3 is 6.18 Å². The minimum atomic E-state index is -4.53. The van der Waals surface area contributed by atoms with Gasteiger partial charge in [0.05, 0.1) is 10.6 Å². The Bertz CT molecular complexity index is 1140. The average Bonchev–Trinajstić information content (AvgIpc) is 3.38. The molecule has 0 bridgehead atoms. The topological polar surface area (TPSA) is 72.3 Å². The number of piperidine rings is 1. The molecule has 2 N–H and O–H groups in total. The molecule has 0 unspecified atom stereocenters. The monoisotopic (exact) mass is 462 g/mol. The zero-order valence-corrected chi connectivity index (χ0v) is 18.6. The second-order valence-corrected chi connectivity index (χ2v) is 9.80. The molecule has 2 fully saturated rings. The van der Waals surface area contributed by atoms with E-state index in [0.717, 1.165) is 56.3 Å². The minimum absolute atomic E-state index is 0.0395. The van der Waals surface area contributed by atoms with Crippen molar-refractivity contribution in [2.75, 3.05) is 18.0 Å². The second-order valence-electron chi connectivity index (χ2n) is 8.75. The Kier molecular flexibility index (Phi) is 5.32. The molecule has 0 amide bonds. The summed E-state index contributed by atoms with van der Waals surface area (Å²) < 4.78 is 42.2. The Morgan fingerprint density at radius 1 is 1.16 bits per heavy atom. The van der Waals surface area contributed by atoms with Gasteiger partial charge in [-0.05, 0) is 50.2 Å². The molecular formula is C22H25F3N6S. The van der Waals surface area contributed by atoms with Crippen LogP contribution in [0.15, 0.2) is 40.5 Å². The summed E-state index contributed by atoms with van der Waals surface area (Å²) in [5.74, 6) is 0.781. The molecule has 0 aromatic carbocycles. The predicted molar refractivity (Wildman–Crippen MR) is 117 cm³/mol. The maximum Gasteiger partial charge on any atom is 0.434 e. The van der Waals surface area contributed by atoms with E-state index in [1.807, 2.05) is 17.5 Å². The van der Waals surface area contributed by atoms with Gasteiger partial charge in [0.25, 0.3) is 0 Å². The predicted octanol–water partition coefficient (Wildman–Crippen LogP) is 4.70. The molecule has 4 heterocycles. The van der Waals surface area contributed by atoms with Gasteiger partial charge in [-0.2, -0.15) is 13.2 Å². The van der Waals surface area contributed by atoms with E-state index in [2.05, 4.69) is 14.9 Å². The fourth-order valence-corrected chi connectivity index (χ4v) is 6.19. The Labute approximate surface area is 188 Å². The number of imidazole rings is 1. The van der Waals surface area contributed by atoms with E-state index >= 15 is 0 Å². The highest BCUT2D eigenvalue weighted by atomic mass is 32.2. The summed E-state index contributed by atoms with van der Waals surface area (Å²) in [4.78, 5) is 15.7. The standard InChI is InChI=1S/C22H25F3N6S/c1-14-17(32-15-4-3-9-27-18(15)22(23,24)25)19-28-10-13-31(19)20(29-14)30-11-7-21(8-12-30)6-2-5-16(21)26/h3-4,9-10,13,16H,2,5-8,11-12,26H2,1H3/t16-/m1/s1. The first-order chi connectivity index (χ1) is 15.3. The highest BCUT2D eigenvalue weighted by Crippen LogP contribution is 2.46. The van der Waals surface area contributed by atoms with Crippen molar-refractivity contribution in [2.45, 2.75) is 61.0 Å². The van der Waals surface area contributed by atoms with Gasteiger partial charge in [0.1, 0.15) is 0 Å². The van der Waals surface area contributed by atoms with Crippen molar-refractivity contribution in [1.29, 1.82) is 0 Å². The lowest BCUT2D eigenvalue weighted by Crippen LogP contribution is -2.47. The number of alkyl halides is 3. The molecule has 1 saturated carbocycles. The molecule has 2 aliphatic rings. The van der Waals surface area contributed by atoms with Crippen LogP contribution in [0.4, 0.5) is 19.1 Å². The fraction of sp³-hybridized carbons (Fsp3) is 0.500. The molecule has 3 aromatic rings. The first-order valence-corrected chi connectivity index (χ1v) is 11.6. The number of hydrogen-bond donors (Lipinski definition) is 1. The number of nitrogens with zero attached hydrogens (tertiary/aromatic N) is 5. The second kappa shape index (κ2) is 7.91. The highest BCUT2D eigenvalue weighted by molar-refractivity contribution is 7.99. The smallest absolute Gasteiger partial charge is 0.342 e. The van der Waals surface area contributed by atoms with Gasteiger partial charge in [-0.1, -0.05) is 18.2 Å². The quantitative estimate of drug-likeness (QED) is 0.608. The van der Waals surface area contributed by atoms with E-state index in [-0.39, 0.29) is 16.4 Å². The Morgan fingerprint density at radius 3 is 2.62 bits per heavy atom. The normalized spacial score (nSPS) is 21.0. The van der Waals surface area contributed by atoms with E-state index in [4.69, 9.17) is 10.7 Å². The molecule has 6 nitrogen and oxygen atoms in total. The largest absolute Gasteiger partial charge is 0.434 e. The first kappa shape index (κ1) is 21.5. The van der Waals surface area contributed by atoms with Crippen LogP contribution in [0.5, 0.6) is 0 Å². The number of halogens is 3. The van der Waals surface area contributed by atoms with Gasteiger partial charge in [-0.3, -0.25) is 9.38 Å². The Morgan fingerprint density at radius 2 is 1.94 bits per heavy atom. The number of nitrogens with two attached hydrogens (primary N) is 1. The van der Waals surface area contributed by atoms with E-state index < -0.39 is 11.9 Å². The lowest BCUT2D eigenvalue weighted by Gasteiger charge is -2.42. The average molecular weight is 463 g/mol. The van der Waals surface area contributed by atoms with Crippen LogP contribution < -0.4 is 10.6 Å². The zero-order valence-electron chi connectivity index (χ0n) is 17.8. The van der Waals surface area contributed by atoms with Crippen LogP contribution in [0.2, 0.25) is 0 Å². The molecule has 10 heteroatoms. The van der Waals surface area contributed by atoms with Crippen molar-refractivity contribution < 1.29 is 13.2 Å². The summed E-state index contributed by atoms with van der Waals surface area (Å²) in [6, 6.07) is 3.21. The number of hydrogen-bond acceptors (Lipinski definition) is 6. The lowest BCUT2D eigenvalue weighted by atomic mass is 9.74. The van der Waals surface area contributed by atoms with Crippen molar-refractivity contribution in [3.05, 3.63) is 42.1 Å². The van der Waals surface area contributed by atoms with Gasteiger partial charge in [0, 0.05) is 42.6 Å². The highest BCUT2D eigenvalue weighted by Gasteiger charge is 2.43. The molecule has 1 spiro atoms. The molecule has 5 rings (SSSR count). The van der Waals surface area contributed by atoms with Crippen molar-refractivity contribution in [3.8, 4) is 0 Å². The Balaban J connectivity index is 1.47. The van der Waals surface area contributed by atoms with Crippen molar-refractivity contribution in [1.82, 2.24) is 19.4 Å². The maximum absolute atomic E-state index is 13.4. The first-order valence-electron chi connectivity index (χ1n) is 10.8. The molecule has 1 saturated heterocycles. The molecule has 1 atom stereocenters. The van der Waals surface area contributed by atoms with E-state index in [0.29, 0.717) is 16.2 Å². The van der Waals surface area contributed by atoms with Crippen LogP contribution in [-0.4, -0.2) is 38.5 Å². The van der Waals surface area contributed by atoms with Crippen molar-refractivity contribution >= 4 is 23.4 Å². The molecule has 0 radical (unpaired) electrons. The third kappa shape index (κ3) is 3.63. The van der Waals surface area contributed by atoms with Gasteiger partial charge in [0.15, 0.2) is 11.3 Å². The molecule has 3 aromatic heterocycles. The third-order valence-electron chi connectivity index (χ3n) is 6.93. The molecule has 32 heavy (non-hydrogen) atoms. The van der Waals surface area contributed by atoms with E-state index in [1.54, 1.807) is 6.20 Å². The molecule has 1 aliphatic heterocycles. The molecule has 1 aliphatic carbocycles. The van der Waals surface area contributed by atoms with Gasteiger partial charge in [0.2, 0.25) is 5.95 Å². The Hall–Kier alpha value is -2.33. The fourth-order valence-electron chi connectivity index (χ4n) is 5.13. The lowest BCUT2D eigenvalue weighted by molar-refractivity contribution is -0.143. The number of aryl methyl sites for hydroxylation is 1. The van der Waals surface area contributed by atoms with Gasteiger partial charge in [-0.25, -0.2) is 9.97 Å². The number of aromatic nitrogens is 4. The van der Waals surface area contributed by atoms with Crippen LogP contribution in [0.1, 0.15) is 43.5 Å². The van der Waals surface area contributed by atoms with Crippen LogP contribution in [0.25, 0.3) is 5.65 Å². The zero-order chi connectivity index (χ0) is 22.5. The summed E-state index contributed by atoms with van der Waals surface area (Å²) in [6.45, 7) is 3.55. The summed E-state index contributed by atoms with van der Waals surface area (Å²) in [5.41, 5.74) is 7.02. The summed E-state index contributed by atoms with van der Waals surface area (Å²) in [5, 5.41) is 0. The van der Waals surface area contributed by atoms with Crippen LogP contribution in [0, 0.1) is 12.3 Å². The van der Waals surface area contributed by atoms with Gasteiger partial charge in [-0.15, -0.1) is 0 Å². The van der Waals surface area contributed by atoms with Crippen LogP contribution in [-0.2, 0) is 6.18 Å². The SMILES string of the molecule is Cc1nc(N2CCC3(CCC[C@H]3N)CC2)n2ccnc2c1Sc1cccnc1C(F)(F)F. The van der Waals surface area contributed by atoms with Crippen LogP contribution >= 0.6 is 11.8 Å². The summed E-state index contributed by atoms with van der Waals surface area (Å²) in [7, 11) is 0. The van der Waals surface area contributed by atoms with Gasteiger partial charge < -0.3 is 10.6 Å². The molecular weight excluding hydrogens is 437 g/mol. The number of fused-ring (bicyclic) bond motifs is 1. The number of anilines is 1. The minimum Gasteiger partial charge on any atom is -0.342 e. The molecule has 170 valence electrons. The third-order valence-corrected chi connectivity index (χ3v) is 8.16. The maximum atomic E-state index is 13.4. The van der Waals surface area contributed by atoms with Crippen molar-refractivity contribution in [3.63, 3.8) is 0 Å². The van der Waals surface area contributed by atoms with E-state index in [1.165, 1.54) is 25.0 Å². The summed E-state index contributed by atoms with van der Waals surface area (Å²) in [6.07, 6.45) is 5.67. The summed E-state index contributed by atoms with van der Waals surface area (Å²) >= 11 is 1.01. The van der Waals surface area contributed by atoms with Crippen LogP contribution in [0.3, 0.4) is 0 Å². The number of rotatable bonds is 3. The number of pyridine rings is 1.